The lowest BCUT2D eigenvalue weighted by Crippen LogP contribution is -2.24. The average Bonchev–Trinajstić information content (AvgIpc) is 2.68. The van der Waals surface area contributed by atoms with Gasteiger partial charge in [-0.15, -0.1) is 11.3 Å². The number of hydrogen-bond acceptors (Lipinski definition) is 3. The first-order chi connectivity index (χ1) is 7.12. The normalized spacial score (nSPS) is 20.1. The number of carbonyl (C=O) groups is 1. The standard InChI is InChI=1S/C11H15NO2S/c1-11(5-3-2-4-6-11)10-12-8(7-15-10)9(13)14/h7H,2-6H2,1H3,(H,13,14). The molecule has 1 aliphatic carbocycles. The van der Waals surface area contributed by atoms with Crippen molar-refractivity contribution >= 4 is 17.3 Å². The minimum absolute atomic E-state index is 0.122. The number of hydrogen-bond donors (Lipinski definition) is 1. The predicted octanol–water partition coefficient (Wildman–Crippen LogP) is 3.06. The Hall–Kier alpha value is -0.900. The maximum Gasteiger partial charge on any atom is 0.355 e. The van der Waals surface area contributed by atoms with Crippen molar-refractivity contribution < 1.29 is 9.90 Å². The van der Waals surface area contributed by atoms with Crippen molar-refractivity contribution in [1.82, 2.24) is 4.98 Å². The molecule has 0 aromatic carbocycles. The molecule has 2 rings (SSSR count). The highest BCUT2D eigenvalue weighted by Crippen LogP contribution is 2.40. The first-order valence-electron chi connectivity index (χ1n) is 5.31. The van der Waals surface area contributed by atoms with E-state index in [-0.39, 0.29) is 11.1 Å². The highest BCUT2D eigenvalue weighted by atomic mass is 32.1. The Balaban J connectivity index is 2.23. The van der Waals surface area contributed by atoms with Crippen molar-refractivity contribution in [3.8, 4) is 0 Å². The molecule has 1 aromatic rings. The van der Waals surface area contributed by atoms with Gasteiger partial charge in [-0.25, -0.2) is 9.78 Å². The summed E-state index contributed by atoms with van der Waals surface area (Å²) in [6.07, 6.45) is 6.04. The van der Waals surface area contributed by atoms with Gasteiger partial charge in [0.15, 0.2) is 5.69 Å². The summed E-state index contributed by atoms with van der Waals surface area (Å²) in [5.74, 6) is -0.920. The zero-order chi connectivity index (χ0) is 10.9. The van der Waals surface area contributed by atoms with Gasteiger partial charge in [0.2, 0.25) is 0 Å². The largest absolute Gasteiger partial charge is 0.476 e. The molecular weight excluding hydrogens is 210 g/mol. The van der Waals surface area contributed by atoms with Crippen LogP contribution in [0.2, 0.25) is 0 Å². The van der Waals surface area contributed by atoms with Crippen LogP contribution in [0, 0.1) is 0 Å². The van der Waals surface area contributed by atoms with Gasteiger partial charge in [0, 0.05) is 10.8 Å². The average molecular weight is 225 g/mol. The number of rotatable bonds is 2. The fraction of sp³-hybridized carbons (Fsp3) is 0.636. The van der Waals surface area contributed by atoms with E-state index in [1.165, 1.54) is 30.6 Å². The molecule has 0 unspecified atom stereocenters. The van der Waals surface area contributed by atoms with Gasteiger partial charge in [-0.3, -0.25) is 0 Å². The van der Waals surface area contributed by atoms with E-state index >= 15 is 0 Å². The Morgan fingerprint density at radius 2 is 2.13 bits per heavy atom. The van der Waals surface area contributed by atoms with Crippen molar-refractivity contribution in [2.75, 3.05) is 0 Å². The molecule has 0 saturated heterocycles. The van der Waals surface area contributed by atoms with Crippen LogP contribution < -0.4 is 0 Å². The number of aromatic carboxylic acids is 1. The smallest absolute Gasteiger partial charge is 0.355 e. The minimum atomic E-state index is -0.920. The number of carboxylic acids is 1. The lowest BCUT2D eigenvalue weighted by molar-refractivity contribution is 0.0691. The summed E-state index contributed by atoms with van der Waals surface area (Å²) in [6, 6.07) is 0. The van der Waals surface area contributed by atoms with E-state index < -0.39 is 5.97 Å². The van der Waals surface area contributed by atoms with E-state index in [0.717, 1.165) is 17.8 Å². The Morgan fingerprint density at radius 3 is 2.67 bits per heavy atom. The maximum atomic E-state index is 10.7. The van der Waals surface area contributed by atoms with Crippen molar-refractivity contribution in [3.63, 3.8) is 0 Å². The minimum Gasteiger partial charge on any atom is -0.476 e. The van der Waals surface area contributed by atoms with Crippen LogP contribution in [0.3, 0.4) is 0 Å². The van der Waals surface area contributed by atoms with Crippen molar-refractivity contribution in [2.24, 2.45) is 0 Å². The summed E-state index contributed by atoms with van der Waals surface area (Å²) in [4.78, 5) is 15.0. The van der Waals surface area contributed by atoms with Gasteiger partial charge >= 0.3 is 5.97 Å². The third-order valence-electron chi connectivity index (χ3n) is 3.20. The first-order valence-corrected chi connectivity index (χ1v) is 6.19. The van der Waals surface area contributed by atoms with Gasteiger partial charge in [-0.05, 0) is 12.8 Å². The summed E-state index contributed by atoms with van der Waals surface area (Å²) in [5, 5.41) is 11.5. The molecule has 82 valence electrons. The number of aromatic nitrogens is 1. The van der Waals surface area contributed by atoms with Crippen LogP contribution in [0.1, 0.15) is 54.5 Å². The molecule has 1 heterocycles. The van der Waals surface area contributed by atoms with Crippen LogP contribution >= 0.6 is 11.3 Å². The predicted molar refractivity (Wildman–Crippen MR) is 59.5 cm³/mol. The van der Waals surface area contributed by atoms with Crippen LogP contribution in [0.25, 0.3) is 0 Å². The molecule has 1 N–H and O–H groups in total. The molecule has 15 heavy (non-hydrogen) atoms. The van der Waals surface area contributed by atoms with Crippen molar-refractivity contribution in [3.05, 3.63) is 16.1 Å². The summed E-state index contributed by atoms with van der Waals surface area (Å²) in [7, 11) is 0. The second-order valence-electron chi connectivity index (χ2n) is 4.46. The highest BCUT2D eigenvalue weighted by Gasteiger charge is 2.32. The van der Waals surface area contributed by atoms with E-state index in [1.54, 1.807) is 5.38 Å². The third kappa shape index (κ3) is 2.04. The fourth-order valence-corrected chi connectivity index (χ4v) is 3.21. The van der Waals surface area contributed by atoms with E-state index in [9.17, 15) is 4.79 Å². The zero-order valence-corrected chi connectivity index (χ0v) is 9.64. The molecule has 0 bridgehead atoms. The SMILES string of the molecule is CC1(c2nc(C(=O)O)cs2)CCCCC1. The van der Waals surface area contributed by atoms with Gasteiger partial charge in [0.25, 0.3) is 0 Å². The summed E-state index contributed by atoms with van der Waals surface area (Å²) in [6.45, 7) is 2.20. The van der Waals surface area contributed by atoms with Gasteiger partial charge < -0.3 is 5.11 Å². The topological polar surface area (TPSA) is 50.2 Å². The number of nitrogens with zero attached hydrogens (tertiary/aromatic N) is 1. The molecule has 3 nitrogen and oxygen atoms in total. The van der Waals surface area contributed by atoms with Crippen LogP contribution in [-0.4, -0.2) is 16.1 Å². The molecule has 1 fully saturated rings. The summed E-state index contributed by atoms with van der Waals surface area (Å²) < 4.78 is 0. The Labute approximate surface area is 93.2 Å². The third-order valence-corrected chi connectivity index (χ3v) is 4.35. The summed E-state index contributed by atoms with van der Waals surface area (Å²) >= 11 is 1.49. The highest BCUT2D eigenvalue weighted by molar-refractivity contribution is 7.10. The van der Waals surface area contributed by atoms with Gasteiger partial charge in [-0.1, -0.05) is 26.2 Å². The maximum absolute atomic E-state index is 10.7. The van der Waals surface area contributed by atoms with Gasteiger partial charge in [-0.2, -0.15) is 0 Å². The lowest BCUT2D eigenvalue weighted by Gasteiger charge is -2.31. The summed E-state index contributed by atoms with van der Waals surface area (Å²) in [5.41, 5.74) is 0.318. The quantitative estimate of drug-likeness (QED) is 0.841. The number of carboxylic acid groups (broad SMARTS) is 1. The second-order valence-corrected chi connectivity index (χ2v) is 5.32. The molecule has 0 aliphatic heterocycles. The lowest BCUT2D eigenvalue weighted by atomic mass is 9.76. The van der Waals surface area contributed by atoms with E-state index in [4.69, 9.17) is 5.11 Å². The molecule has 4 heteroatoms. The van der Waals surface area contributed by atoms with E-state index in [1.807, 2.05) is 0 Å². The molecular formula is C11H15NO2S. The molecule has 0 spiro atoms. The number of thiazole rings is 1. The van der Waals surface area contributed by atoms with E-state index in [0.29, 0.717) is 0 Å². The molecule has 1 saturated carbocycles. The zero-order valence-electron chi connectivity index (χ0n) is 8.82. The van der Waals surface area contributed by atoms with Gasteiger partial charge in [0.05, 0.1) is 5.01 Å². The fourth-order valence-electron chi connectivity index (χ4n) is 2.20. The van der Waals surface area contributed by atoms with Crippen LogP contribution in [-0.2, 0) is 5.41 Å². The monoisotopic (exact) mass is 225 g/mol. The Morgan fingerprint density at radius 1 is 1.47 bits per heavy atom. The molecule has 0 atom stereocenters. The van der Waals surface area contributed by atoms with Gasteiger partial charge in [0.1, 0.15) is 0 Å². The Kier molecular flexibility index (Phi) is 2.78. The molecule has 1 aliphatic rings. The molecule has 0 radical (unpaired) electrons. The molecule has 1 aromatic heterocycles. The van der Waals surface area contributed by atoms with E-state index in [2.05, 4.69) is 11.9 Å². The second kappa shape index (κ2) is 3.93. The molecule has 0 amide bonds. The van der Waals surface area contributed by atoms with Crippen molar-refractivity contribution in [2.45, 2.75) is 44.4 Å². The van der Waals surface area contributed by atoms with Crippen LogP contribution in [0.4, 0.5) is 0 Å². The van der Waals surface area contributed by atoms with Crippen molar-refractivity contribution in [1.29, 1.82) is 0 Å². The van der Waals surface area contributed by atoms with Crippen LogP contribution in [0.15, 0.2) is 5.38 Å². The van der Waals surface area contributed by atoms with Crippen LogP contribution in [0.5, 0.6) is 0 Å². The first kappa shape index (κ1) is 10.6. The Bertz CT molecular complexity index is 366.